The molecule has 0 radical (unpaired) electrons. The van der Waals surface area contributed by atoms with Crippen molar-refractivity contribution in [1.29, 1.82) is 0 Å². The molecule has 1 N–H and O–H groups in total. The van der Waals surface area contributed by atoms with Gasteiger partial charge in [-0.05, 0) is 6.54 Å². The van der Waals surface area contributed by atoms with E-state index in [-0.39, 0.29) is 5.58 Å². The van der Waals surface area contributed by atoms with Crippen molar-refractivity contribution in [3.63, 3.8) is 0 Å². The normalized spacial score (nSPS) is 11.1. The average molecular weight is 211 g/mol. The van der Waals surface area contributed by atoms with E-state index < -0.39 is 11.6 Å². The highest BCUT2D eigenvalue weighted by Gasteiger charge is 2.11. The zero-order valence-corrected chi connectivity index (χ0v) is 8.31. The molecule has 0 aliphatic heterocycles. The molecule has 0 saturated heterocycles. The van der Waals surface area contributed by atoms with Crippen molar-refractivity contribution >= 4 is 11.0 Å². The number of hydrogen-bond acceptors (Lipinski definition) is 2. The van der Waals surface area contributed by atoms with Crippen molar-refractivity contribution in [2.24, 2.45) is 0 Å². The lowest BCUT2D eigenvalue weighted by Gasteiger charge is -1.99. The molecule has 2 rings (SSSR count). The molecular formula is C11H11F2NO. The molecule has 4 heteroatoms. The van der Waals surface area contributed by atoms with Gasteiger partial charge in [0.1, 0.15) is 17.2 Å². The van der Waals surface area contributed by atoms with Gasteiger partial charge in [0, 0.05) is 24.2 Å². The van der Waals surface area contributed by atoms with Crippen molar-refractivity contribution in [1.82, 2.24) is 5.32 Å². The van der Waals surface area contributed by atoms with Gasteiger partial charge in [-0.15, -0.1) is 0 Å². The van der Waals surface area contributed by atoms with E-state index in [9.17, 15) is 8.78 Å². The summed E-state index contributed by atoms with van der Waals surface area (Å²) in [5.41, 5.74) is 0.963. The molecule has 2 nitrogen and oxygen atoms in total. The first-order valence-electron chi connectivity index (χ1n) is 4.78. The van der Waals surface area contributed by atoms with Crippen molar-refractivity contribution in [3.8, 4) is 0 Å². The summed E-state index contributed by atoms with van der Waals surface area (Å²) in [5, 5.41) is 3.42. The van der Waals surface area contributed by atoms with E-state index in [0.717, 1.165) is 12.6 Å². The monoisotopic (exact) mass is 211 g/mol. The van der Waals surface area contributed by atoms with Gasteiger partial charge in [-0.3, -0.25) is 0 Å². The van der Waals surface area contributed by atoms with Crippen LogP contribution in [0.25, 0.3) is 11.0 Å². The third-order valence-electron chi connectivity index (χ3n) is 2.23. The van der Waals surface area contributed by atoms with Crippen LogP contribution in [0.3, 0.4) is 0 Å². The standard InChI is InChI=1S/C11H11F2NO/c1-2-14-5-7-6-15-10-4-8(12)3-9(13)11(7)10/h3-4,6,14H,2,5H2,1H3. The van der Waals surface area contributed by atoms with Crippen LogP contribution in [0.2, 0.25) is 0 Å². The van der Waals surface area contributed by atoms with Gasteiger partial charge < -0.3 is 9.73 Å². The third-order valence-corrected chi connectivity index (χ3v) is 2.23. The van der Waals surface area contributed by atoms with E-state index in [0.29, 0.717) is 17.5 Å². The molecule has 1 heterocycles. The summed E-state index contributed by atoms with van der Waals surface area (Å²) in [4.78, 5) is 0. The van der Waals surface area contributed by atoms with Crippen molar-refractivity contribution in [2.45, 2.75) is 13.5 Å². The second kappa shape index (κ2) is 3.98. The SMILES string of the molecule is CCNCc1coc2cc(F)cc(F)c12. The van der Waals surface area contributed by atoms with Gasteiger partial charge in [-0.25, -0.2) is 8.78 Å². The average Bonchev–Trinajstić information content (AvgIpc) is 2.58. The highest BCUT2D eigenvalue weighted by Crippen LogP contribution is 2.25. The van der Waals surface area contributed by atoms with Crippen LogP contribution in [0.5, 0.6) is 0 Å². The maximum atomic E-state index is 13.4. The Labute approximate surface area is 85.9 Å². The van der Waals surface area contributed by atoms with Crippen LogP contribution in [-0.4, -0.2) is 6.54 Å². The Morgan fingerprint density at radius 2 is 2.13 bits per heavy atom. The van der Waals surface area contributed by atoms with Crippen LogP contribution in [0.1, 0.15) is 12.5 Å². The number of furan rings is 1. The van der Waals surface area contributed by atoms with E-state index in [1.165, 1.54) is 12.3 Å². The number of rotatable bonds is 3. The molecule has 0 unspecified atom stereocenters. The maximum absolute atomic E-state index is 13.4. The van der Waals surface area contributed by atoms with E-state index >= 15 is 0 Å². The minimum absolute atomic E-state index is 0.250. The van der Waals surface area contributed by atoms with Crippen LogP contribution in [-0.2, 0) is 6.54 Å². The summed E-state index contributed by atoms with van der Waals surface area (Å²) in [6.45, 7) is 3.26. The van der Waals surface area contributed by atoms with Crippen LogP contribution < -0.4 is 5.32 Å². The molecule has 0 atom stereocenters. The largest absolute Gasteiger partial charge is 0.464 e. The molecule has 0 aliphatic carbocycles. The first-order valence-corrected chi connectivity index (χ1v) is 4.78. The molecule has 0 amide bonds. The summed E-state index contributed by atoms with van der Waals surface area (Å²) >= 11 is 0. The Hall–Kier alpha value is -1.42. The number of halogens is 2. The highest BCUT2D eigenvalue weighted by molar-refractivity contribution is 5.81. The van der Waals surface area contributed by atoms with Crippen LogP contribution >= 0.6 is 0 Å². The molecule has 1 aromatic heterocycles. The lowest BCUT2D eigenvalue weighted by Crippen LogP contribution is -2.11. The fraction of sp³-hybridized carbons (Fsp3) is 0.273. The second-order valence-electron chi connectivity index (χ2n) is 3.30. The maximum Gasteiger partial charge on any atom is 0.140 e. The van der Waals surface area contributed by atoms with Gasteiger partial charge in [0.15, 0.2) is 0 Å². The summed E-state index contributed by atoms with van der Waals surface area (Å²) in [6, 6.07) is 2.06. The molecular weight excluding hydrogens is 200 g/mol. The van der Waals surface area contributed by atoms with Gasteiger partial charge >= 0.3 is 0 Å². The summed E-state index contributed by atoms with van der Waals surface area (Å²) in [7, 11) is 0. The van der Waals surface area contributed by atoms with Crippen LogP contribution in [0.4, 0.5) is 8.78 Å². The predicted molar refractivity (Wildman–Crippen MR) is 53.5 cm³/mol. The molecule has 0 fully saturated rings. The zero-order chi connectivity index (χ0) is 10.8. The first kappa shape index (κ1) is 10.1. The number of benzene rings is 1. The fourth-order valence-corrected chi connectivity index (χ4v) is 1.54. The Bertz CT molecular complexity index is 479. The quantitative estimate of drug-likeness (QED) is 0.844. The van der Waals surface area contributed by atoms with Gasteiger partial charge in [-0.1, -0.05) is 6.92 Å². The lowest BCUT2D eigenvalue weighted by atomic mass is 10.1. The lowest BCUT2D eigenvalue weighted by molar-refractivity contribution is 0.576. The highest BCUT2D eigenvalue weighted by atomic mass is 19.1. The molecule has 0 aliphatic rings. The van der Waals surface area contributed by atoms with Crippen molar-refractivity contribution in [3.05, 3.63) is 35.6 Å². The van der Waals surface area contributed by atoms with Gasteiger partial charge in [0.25, 0.3) is 0 Å². The molecule has 0 saturated carbocycles. The predicted octanol–water partition coefficient (Wildman–Crippen LogP) is 2.82. The summed E-state index contributed by atoms with van der Waals surface area (Å²) in [5.74, 6) is -1.20. The summed E-state index contributed by atoms with van der Waals surface area (Å²) < 4.78 is 31.4. The van der Waals surface area contributed by atoms with Gasteiger partial charge in [0.05, 0.1) is 11.6 Å². The van der Waals surface area contributed by atoms with Gasteiger partial charge in [-0.2, -0.15) is 0 Å². The Morgan fingerprint density at radius 3 is 2.87 bits per heavy atom. The number of fused-ring (bicyclic) bond motifs is 1. The molecule has 0 bridgehead atoms. The topological polar surface area (TPSA) is 25.2 Å². The first-order chi connectivity index (χ1) is 7.22. The van der Waals surface area contributed by atoms with E-state index in [1.54, 1.807) is 0 Å². The third kappa shape index (κ3) is 1.85. The minimum Gasteiger partial charge on any atom is -0.464 e. The van der Waals surface area contributed by atoms with Crippen molar-refractivity contribution < 1.29 is 13.2 Å². The Kier molecular flexibility index (Phi) is 2.68. The second-order valence-corrected chi connectivity index (χ2v) is 3.30. The Morgan fingerprint density at radius 1 is 1.33 bits per heavy atom. The van der Waals surface area contributed by atoms with E-state index in [4.69, 9.17) is 4.42 Å². The molecule has 15 heavy (non-hydrogen) atoms. The minimum atomic E-state index is -0.621. The van der Waals surface area contributed by atoms with Crippen LogP contribution in [0, 0.1) is 11.6 Å². The van der Waals surface area contributed by atoms with E-state index in [2.05, 4.69) is 5.32 Å². The molecule has 2 aromatic rings. The number of hydrogen-bond donors (Lipinski definition) is 1. The van der Waals surface area contributed by atoms with E-state index in [1.807, 2.05) is 6.92 Å². The zero-order valence-electron chi connectivity index (χ0n) is 8.31. The smallest absolute Gasteiger partial charge is 0.140 e. The van der Waals surface area contributed by atoms with Gasteiger partial charge in [0.2, 0.25) is 0 Å². The number of nitrogens with one attached hydrogen (secondary N) is 1. The van der Waals surface area contributed by atoms with Crippen molar-refractivity contribution in [2.75, 3.05) is 6.54 Å². The summed E-state index contributed by atoms with van der Waals surface area (Å²) in [6.07, 6.45) is 1.45. The Balaban J connectivity index is 2.49. The molecule has 1 aromatic carbocycles. The molecule has 80 valence electrons. The molecule has 0 spiro atoms. The van der Waals surface area contributed by atoms with Crippen LogP contribution in [0.15, 0.2) is 22.8 Å². The fourth-order valence-electron chi connectivity index (χ4n) is 1.54.